The number of benzene rings is 2. The second-order valence-electron chi connectivity index (χ2n) is 7.22. The predicted molar refractivity (Wildman–Crippen MR) is 111 cm³/mol. The van der Waals surface area contributed by atoms with Gasteiger partial charge in [-0.05, 0) is 41.8 Å². The van der Waals surface area contributed by atoms with Gasteiger partial charge in [-0.2, -0.15) is 0 Å². The number of nitrogens with one attached hydrogen (secondary N) is 1. The summed E-state index contributed by atoms with van der Waals surface area (Å²) in [6.07, 6.45) is 4.88. The van der Waals surface area contributed by atoms with Gasteiger partial charge in [0.2, 0.25) is 11.8 Å². The third-order valence-electron chi connectivity index (χ3n) is 5.03. The molecule has 2 aromatic rings. The molecule has 0 radical (unpaired) electrons. The van der Waals surface area contributed by atoms with Crippen molar-refractivity contribution in [3.05, 3.63) is 71.4 Å². The topological polar surface area (TPSA) is 83.6 Å². The number of rotatable bonds is 5. The molecule has 0 unspecified atom stereocenters. The number of fused-ring (bicyclic) bond motifs is 1. The molecule has 0 saturated heterocycles. The second kappa shape index (κ2) is 8.21. The van der Waals surface area contributed by atoms with Crippen molar-refractivity contribution in [3.63, 3.8) is 0 Å². The Kier molecular flexibility index (Phi) is 5.88. The molecule has 2 atom stereocenters. The van der Waals surface area contributed by atoms with Crippen LogP contribution in [0.15, 0.2) is 59.6 Å². The molecular formula is C22H24N2O4S. The minimum Gasteiger partial charge on any atom is -0.350 e. The molecule has 2 amide bonds. The van der Waals surface area contributed by atoms with Gasteiger partial charge in [-0.25, -0.2) is 8.42 Å². The van der Waals surface area contributed by atoms with Crippen LogP contribution in [0, 0.1) is 0 Å². The number of nitrogens with zero attached hydrogens (tertiary/aromatic N) is 1. The minimum atomic E-state index is -3.26. The first-order valence-corrected chi connectivity index (χ1v) is 11.2. The Hall–Kier alpha value is -2.93. The summed E-state index contributed by atoms with van der Waals surface area (Å²) in [7, 11) is -3.26. The second-order valence-corrected chi connectivity index (χ2v) is 9.24. The normalized spacial score (nSPS) is 16.8. The number of carbonyl (C=O) groups excluding carboxylic acids is 2. The summed E-state index contributed by atoms with van der Waals surface area (Å²) in [5.74, 6) is -0.316. The first-order chi connectivity index (χ1) is 13.7. The summed E-state index contributed by atoms with van der Waals surface area (Å²) >= 11 is 0. The fourth-order valence-corrected chi connectivity index (χ4v) is 4.11. The average molecular weight is 413 g/mol. The van der Waals surface area contributed by atoms with Gasteiger partial charge >= 0.3 is 0 Å². The van der Waals surface area contributed by atoms with Crippen molar-refractivity contribution in [2.24, 2.45) is 0 Å². The number of hydrogen-bond acceptors (Lipinski definition) is 4. The van der Waals surface area contributed by atoms with Gasteiger partial charge in [-0.15, -0.1) is 0 Å². The van der Waals surface area contributed by atoms with Crippen LogP contribution in [0.1, 0.15) is 49.0 Å². The highest BCUT2D eigenvalue weighted by atomic mass is 32.2. The van der Waals surface area contributed by atoms with Crippen LogP contribution in [0.3, 0.4) is 0 Å². The Labute approximate surface area is 171 Å². The number of sulfone groups is 1. The first kappa shape index (κ1) is 20.8. The summed E-state index contributed by atoms with van der Waals surface area (Å²) in [4.78, 5) is 26.6. The maximum Gasteiger partial charge on any atom is 0.223 e. The molecule has 1 N–H and O–H groups in total. The minimum absolute atomic E-state index is 0.127. The average Bonchev–Trinajstić information content (AvgIpc) is 2.67. The molecule has 1 heterocycles. The Balaban J connectivity index is 1.73. The van der Waals surface area contributed by atoms with E-state index in [4.69, 9.17) is 0 Å². The van der Waals surface area contributed by atoms with E-state index in [1.165, 1.54) is 19.1 Å². The van der Waals surface area contributed by atoms with Crippen molar-refractivity contribution >= 4 is 27.7 Å². The van der Waals surface area contributed by atoms with Gasteiger partial charge in [-0.1, -0.05) is 36.4 Å². The van der Waals surface area contributed by atoms with E-state index in [-0.39, 0.29) is 35.2 Å². The number of carbonyl (C=O) groups is 2. The summed E-state index contributed by atoms with van der Waals surface area (Å²) in [6.45, 7) is 3.32. The molecule has 0 saturated carbocycles. The highest BCUT2D eigenvalue weighted by Crippen LogP contribution is 2.33. The van der Waals surface area contributed by atoms with Gasteiger partial charge in [-0.3, -0.25) is 9.59 Å². The van der Waals surface area contributed by atoms with Crippen LogP contribution in [-0.2, 0) is 19.4 Å². The smallest absolute Gasteiger partial charge is 0.223 e. The van der Waals surface area contributed by atoms with Gasteiger partial charge in [0.15, 0.2) is 9.84 Å². The standard InChI is InChI=1S/C22H24N2O4S/c1-15(17-8-10-19(11-9-17)29(3,27)28)23-22(26)14-21-20-7-5-4-6-18(20)12-13-24(21)16(2)25/h4-13,15,21H,14H2,1-3H3,(H,23,26)/t15-,21+/m1/s1. The monoisotopic (exact) mass is 412 g/mol. The molecule has 0 aromatic heterocycles. The van der Waals surface area contributed by atoms with Crippen molar-refractivity contribution in [1.29, 1.82) is 0 Å². The van der Waals surface area contributed by atoms with Gasteiger partial charge in [0.05, 0.1) is 23.4 Å². The van der Waals surface area contributed by atoms with E-state index in [0.29, 0.717) is 0 Å². The largest absolute Gasteiger partial charge is 0.350 e. The Bertz CT molecular complexity index is 1060. The highest BCUT2D eigenvalue weighted by Gasteiger charge is 2.28. The molecule has 152 valence electrons. The molecule has 7 heteroatoms. The lowest BCUT2D eigenvalue weighted by molar-refractivity contribution is -0.130. The zero-order valence-corrected chi connectivity index (χ0v) is 17.4. The van der Waals surface area contributed by atoms with E-state index >= 15 is 0 Å². The molecule has 6 nitrogen and oxygen atoms in total. The molecule has 0 fully saturated rings. The van der Waals surface area contributed by atoms with Gasteiger partial charge in [0.1, 0.15) is 0 Å². The molecule has 29 heavy (non-hydrogen) atoms. The van der Waals surface area contributed by atoms with E-state index in [1.54, 1.807) is 23.2 Å². The highest BCUT2D eigenvalue weighted by molar-refractivity contribution is 7.90. The summed E-state index contributed by atoms with van der Waals surface area (Å²) in [6, 6.07) is 13.5. The first-order valence-electron chi connectivity index (χ1n) is 9.32. The maximum atomic E-state index is 12.7. The van der Waals surface area contributed by atoms with Crippen LogP contribution >= 0.6 is 0 Å². The molecule has 2 aromatic carbocycles. The van der Waals surface area contributed by atoms with Crippen molar-refractivity contribution in [1.82, 2.24) is 10.2 Å². The van der Waals surface area contributed by atoms with E-state index in [1.807, 2.05) is 37.3 Å². The predicted octanol–water partition coefficient (Wildman–Crippen LogP) is 3.23. The summed E-state index contributed by atoms with van der Waals surface area (Å²) in [5.41, 5.74) is 2.73. The van der Waals surface area contributed by atoms with E-state index in [9.17, 15) is 18.0 Å². The number of hydrogen-bond donors (Lipinski definition) is 1. The quantitative estimate of drug-likeness (QED) is 0.817. The number of amides is 2. The molecule has 1 aliphatic heterocycles. The van der Waals surface area contributed by atoms with Gasteiger partial charge in [0.25, 0.3) is 0 Å². The lowest BCUT2D eigenvalue weighted by Gasteiger charge is -2.32. The van der Waals surface area contributed by atoms with Gasteiger partial charge < -0.3 is 10.2 Å². The molecular weight excluding hydrogens is 388 g/mol. The van der Waals surface area contributed by atoms with Crippen molar-refractivity contribution in [2.75, 3.05) is 6.26 Å². The Morgan fingerprint density at radius 2 is 1.76 bits per heavy atom. The Morgan fingerprint density at radius 1 is 1.10 bits per heavy atom. The zero-order chi connectivity index (χ0) is 21.2. The van der Waals surface area contributed by atoms with E-state index < -0.39 is 9.84 Å². The van der Waals surface area contributed by atoms with Gasteiger partial charge in [0, 0.05) is 19.4 Å². The third-order valence-corrected chi connectivity index (χ3v) is 6.16. The molecule has 3 rings (SSSR count). The van der Waals surface area contributed by atoms with Crippen molar-refractivity contribution in [3.8, 4) is 0 Å². The lowest BCUT2D eigenvalue weighted by Crippen LogP contribution is -2.36. The Morgan fingerprint density at radius 3 is 2.38 bits per heavy atom. The molecule has 0 bridgehead atoms. The molecule has 1 aliphatic rings. The van der Waals surface area contributed by atoms with Crippen molar-refractivity contribution < 1.29 is 18.0 Å². The van der Waals surface area contributed by atoms with Crippen LogP contribution in [0.5, 0.6) is 0 Å². The van der Waals surface area contributed by atoms with E-state index in [2.05, 4.69) is 5.32 Å². The van der Waals surface area contributed by atoms with Crippen LogP contribution in [0.4, 0.5) is 0 Å². The van der Waals surface area contributed by atoms with Crippen molar-refractivity contribution in [2.45, 2.75) is 37.2 Å². The SMILES string of the molecule is CC(=O)N1C=Cc2ccccc2[C@@H]1CC(=O)N[C@H](C)c1ccc(S(C)(=O)=O)cc1. The summed E-state index contributed by atoms with van der Waals surface area (Å²) < 4.78 is 23.2. The fourth-order valence-electron chi connectivity index (χ4n) is 3.48. The zero-order valence-electron chi connectivity index (χ0n) is 16.6. The van der Waals surface area contributed by atoms with Crippen LogP contribution < -0.4 is 5.32 Å². The molecule has 0 aliphatic carbocycles. The van der Waals surface area contributed by atoms with Crippen LogP contribution in [-0.4, -0.2) is 31.4 Å². The van der Waals surface area contributed by atoms with E-state index in [0.717, 1.165) is 22.9 Å². The summed E-state index contributed by atoms with van der Waals surface area (Å²) in [5, 5.41) is 2.94. The molecule has 0 spiro atoms. The van der Waals surface area contributed by atoms with Crippen LogP contribution in [0.25, 0.3) is 6.08 Å². The maximum absolute atomic E-state index is 12.7. The lowest BCUT2D eigenvalue weighted by atomic mass is 9.93. The fraction of sp³-hybridized carbons (Fsp3) is 0.273. The third kappa shape index (κ3) is 4.74. The van der Waals surface area contributed by atoms with Crippen LogP contribution in [0.2, 0.25) is 0 Å².